The van der Waals surface area contributed by atoms with Gasteiger partial charge in [-0.1, -0.05) is 19.1 Å². The molecule has 1 amide bonds. The predicted octanol–water partition coefficient (Wildman–Crippen LogP) is 0.482. The minimum atomic E-state index is -0.562. The summed E-state index contributed by atoms with van der Waals surface area (Å²) in [6, 6.07) is 6.63. The molecule has 0 spiro atoms. The number of rotatable bonds is 5. The Hall–Kier alpha value is -2.08. The van der Waals surface area contributed by atoms with Crippen LogP contribution in [0, 0.1) is 0 Å². The Bertz CT molecular complexity index is 625. The molecule has 0 saturated heterocycles. The SMILES string of the molecule is CC[C@H](CO)NC(=O)Cn1c(=O)oc2ccccc21. The van der Waals surface area contributed by atoms with Crippen LogP contribution in [-0.4, -0.2) is 28.2 Å². The molecule has 0 unspecified atom stereocenters. The van der Waals surface area contributed by atoms with E-state index in [0.29, 0.717) is 17.5 Å². The van der Waals surface area contributed by atoms with E-state index in [1.165, 1.54) is 4.57 Å². The van der Waals surface area contributed by atoms with Crippen LogP contribution in [0.4, 0.5) is 0 Å². The molecule has 0 aliphatic rings. The maximum atomic E-state index is 11.8. The average Bonchev–Trinajstić information content (AvgIpc) is 2.72. The lowest BCUT2D eigenvalue weighted by Gasteiger charge is -2.13. The van der Waals surface area contributed by atoms with Crippen LogP contribution in [0.3, 0.4) is 0 Å². The maximum Gasteiger partial charge on any atom is 0.420 e. The second-order valence-corrected chi connectivity index (χ2v) is 4.28. The Morgan fingerprint density at radius 2 is 2.21 bits per heavy atom. The normalized spacial score (nSPS) is 12.5. The molecule has 0 bridgehead atoms. The van der Waals surface area contributed by atoms with Crippen molar-refractivity contribution < 1.29 is 14.3 Å². The van der Waals surface area contributed by atoms with Gasteiger partial charge in [-0.3, -0.25) is 9.36 Å². The topological polar surface area (TPSA) is 84.5 Å². The van der Waals surface area contributed by atoms with E-state index >= 15 is 0 Å². The number of aliphatic hydroxyl groups is 1. The average molecular weight is 264 g/mol. The number of carbonyl (C=O) groups is 1. The van der Waals surface area contributed by atoms with Crippen molar-refractivity contribution in [2.75, 3.05) is 6.61 Å². The van der Waals surface area contributed by atoms with Crippen LogP contribution in [-0.2, 0) is 11.3 Å². The third kappa shape index (κ3) is 2.85. The van der Waals surface area contributed by atoms with Crippen molar-refractivity contribution in [2.45, 2.75) is 25.9 Å². The lowest BCUT2D eigenvalue weighted by atomic mass is 10.2. The summed E-state index contributed by atoms with van der Waals surface area (Å²) in [5.74, 6) is -0.886. The van der Waals surface area contributed by atoms with Gasteiger partial charge in [-0.05, 0) is 18.6 Å². The molecular formula is C13H16N2O4. The molecule has 0 aliphatic heterocycles. The van der Waals surface area contributed by atoms with Crippen molar-refractivity contribution in [1.82, 2.24) is 9.88 Å². The highest BCUT2D eigenvalue weighted by molar-refractivity contribution is 5.79. The number of fused-ring (bicyclic) bond motifs is 1. The third-order valence-corrected chi connectivity index (χ3v) is 2.95. The number of oxazole rings is 1. The number of aromatic nitrogens is 1. The minimum absolute atomic E-state index is 0.119. The van der Waals surface area contributed by atoms with Crippen molar-refractivity contribution in [3.8, 4) is 0 Å². The molecule has 19 heavy (non-hydrogen) atoms. The molecule has 1 heterocycles. The fourth-order valence-corrected chi connectivity index (χ4v) is 1.86. The number of carbonyl (C=O) groups excluding carboxylic acids is 1. The lowest BCUT2D eigenvalue weighted by molar-refractivity contribution is -0.122. The monoisotopic (exact) mass is 264 g/mol. The highest BCUT2D eigenvalue weighted by Gasteiger charge is 2.14. The van der Waals surface area contributed by atoms with Crippen LogP contribution in [0.5, 0.6) is 0 Å². The van der Waals surface area contributed by atoms with Crippen molar-refractivity contribution in [3.05, 3.63) is 34.8 Å². The van der Waals surface area contributed by atoms with E-state index in [1.807, 2.05) is 6.92 Å². The highest BCUT2D eigenvalue weighted by atomic mass is 16.4. The van der Waals surface area contributed by atoms with Gasteiger partial charge in [0.1, 0.15) is 6.54 Å². The quantitative estimate of drug-likeness (QED) is 0.822. The van der Waals surface area contributed by atoms with Gasteiger partial charge in [0.2, 0.25) is 5.91 Å². The Balaban J connectivity index is 2.19. The van der Waals surface area contributed by atoms with E-state index in [-0.39, 0.29) is 25.1 Å². The second-order valence-electron chi connectivity index (χ2n) is 4.28. The van der Waals surface area contributed by atoms with E-state index < -0.39 is 5.76 Å². The molecule has 6 nitrogen and oxygen atoms in total. The van der Waals surface area contributed by atoms with Gasteiger partial charge in [-0.2, -0.15) is 0 Å². The Morgan fingerprint density at radius 1 is 1.47 bits per heavy atom. The number of amides is 1. The summed E-state index contributed by atoms with van der Waals surface area (Å²) in [6.07, 6.45) is 0.628. The molecule has 2 aromatic rings. The van der Waals surface area contributed by atoms with Crippen molar-refractivity contribution in [2.24, 2.45) is 0 Å². The van der Waals surface area contributed by atoms with Crippen LogP contribution in [0.15, 0.2) is 33.5 Å². The first kappa shape index (κ1) is 13.4. The Kier molecular flexibility index (Phi) is 4.01. The van der Waals surface area contributed by atoms with Gasteiger partial charge in [-0.25, -0.2) is 4.79 Å². The summed E-state index contributed by atoms with van der Waals surface area (Å²) in [5, 5.41) is 11.7. The van der Waals surface area contributed by atoms with E-state index in [9.17, 15) is 9.59 Å². The molecule has 0 fully saturated rings. The molecule has 2 rings (SSSR count). The van der Waals surface area contributed by atoms with Gasteiger partial charge in [0.05, 0.1) is 18.2 Å². The fraction of sp³-hybridized carbons (Fsp3) is 0.385. The predicted molar refractivity (Wildman–Crippen MR) is 69.8 cm³/mol. The summed E-state index contributed by atoms with van der Waals surface area (Å²) in [7, 11) is 0. The summed E-state index contributed by atoms with van der Waals surface area (Å²) in [5.41, 5.74) is 1.04. The molecule has 1 aromatic heterocycles. The van der Waals surface area contributed by atoms with Gasteiger partial charge >= 0.3 is 5.76 Å². The summed E-state index contributed by atoms with van der Waals surface area (Å²) in [4.78, 5) is 23.5. The number of hydrogen-bond acceptors (Lipinski definition) is 4. The van der Waals surface area contributed by atoms with Gasteiger partial charge in [-0.15, -0.1) is 0 Å². The number of benzene rings is 1. The zero-order valence-corrected chi connectivity index (χ0v) is 10.6. The minimum Gasteiger partial charge on any atom is -0.408 e. The number of hydrogen-bond donors (Lipinski definition) is 2. The maximum absolute atomic E-state index is 11.8. The summed E-state index contributed by atoms with van der Waals surface area (Å²) in [6.45, 7) is 1.62. The standard InChI is InChI=1S/C13H16N2O4/c1-2-9(8-16)14-12(17)7-15-10-5-3-4-6-11(10)19-13(15)18/h3-6,9,16H,2,7-8H2,1H3,(H,14,17)/t9-/m1/s1. The molecule has 1 aromatic carbocycles. The Morgan fingerprint density at radius 3 is 2.89 bits per heavy atom. The Labute approximate surface area is 109 Å². The molecule has 6 heteroatoms. The molecule has 102 valence electrons. The van der Waals surface area contributed by atoms with Crippen molar-refractivity contribution in [3.63, 3.8) is 0 Å². The van der Waals surface area contributed by atoms with Gasteiger partial charge < -0.3 is 14.8 Å². The van der Waals surface area contributed by atoms with E-state index in [4.69, 9.17) is 9.52 Å². The number of nitrogens with one attached hydrogen (secondary N) is 1. The first-order valence-corrected chi connectivity index (χ1v) is 6.14. The van der Waals surface area contributed by atoms with Crippen molar-refractivity contribution in [1.29, 1.82) is 0 Å². The van der Waals surface area contributed by atoms with E-state index in [1.54, 1.807) is 24.3 Å². The van der Waals surface area contributed by atoms with Crippen LogP contribution in [0.1, 0.15) is 13.3 Å². The second kappa shape index (κ2) is 5.71. The number of nitrogens with zero attached hydrogens (tertiary/aromatic N) is 1. The number of para-hydroxylation sites is 2. The molecule has 2 N–H and O–H groups in total. The first-order chi connectivity index (χ1) is 9.15. The zero-order valence-electron chi connectivity index (χ0n) is 10.6. The van der Waals surface area contributed by atoms with Gasteiger partial charge in [0.25, 0.3) is 0 Å². The molecule has 0 aliphatic carbocycles. The van der Waals surface area contributed by atoms with Crippen molar-refractivity contribution >= 4 is 17.0 Å². The molecule has 1 atom stereocenters. The van der Waals surface area contributed by atoms with Crippen LogP contribution in [0.25, 0.3) is 11.1 Å². The highest BCUT2D eigenvalue weighted by Crippen LogP contribution is 2.11. The zero-order chi connectivity index (χ0) is 13.8. The summed E-state index contributed by atoms with van der Waals surface area (Å²) < 4.78 is 6.31. The largest absolute Gasteiger partial charge is 0.420 e. The summed E-state index contributed by atoms with van der Waals surface area (Å²) >= 11 is 0. The van der Waals surface area contributed by atoms with Crippen LogP contribution in [0.2, 0.25) is 0 Å². The van der Waals surface area contributed by atoms with Crippen LogP contribution < -0.4 is 11.1 Å². The fourth-order valence-electron chi connectivity index (χ4n) is 1.86. The molecule has 0 radical (unpaired) electrons. The smallest absolute Gasteiger partial charge is 0.408 e. The van der Waals surface area contributed by atoms with Gasteiger partial charge in [0, 0.05) is 0 Å². The van der Waals surface area contributed by atoms with Crippen LogP contribution >= 0.6 is 0 Å². The molecular weight excluding hydrogens is 248 g/mol. The molecule has 0 saturated carbocycles. The third-order valence-electron chi connectivity index (χ3n) is 2.95. The van der Waals surface area contributed by atoms with Gasteiger partial charge in [0.15, 0.2) is 5.58 Å². The number of aliphatic hydroxyl groups excluding tert-OH is 1. The van der Waals surface area contributed by atoms with E-state index in [0.717, 1.165) is 0 Å². The lowest BCUT2D eigenvalue weighted by Crippen LogP contribution is -2.40. The van der Waals surface area contributed by atoms with E-state index in [2.05, 4.69) is 5.32 Å². The first-order valence-electron chi connectivity index (χ1n) is 6.14.